The highest BCUT2D eigenvalue weighted by molar-refractivity contribution is 6.37. The van der Waals surface area contributed by atoms with Crippen LogP contribution < -0.4 is 4.74 Å². The summed E-state index contributed by atoms with van der Waals surface area (Å²) >= 11 is 12.5. The maximum absolute atomic E-state index is 11.0. The molecule has 0 aliphatic carbocycles. The minimum Gasteiger partial charge on any atom is -0.478 e. The van der Waals surface area contributed by atoms with Crippen LogP contribution >= 0.6 is 23.2 Å². The first-order valence-corrected chi connectivity index (χ1v) is 9.28. The van der Waals surface area contributed by atoms with Gasteiger partial charge >= 0.3 is 5.97 Å². The molecule has 0 saturated carbocycles. The molecule has 8 nitrogen and oxygen atoms in total. The van der Waals surface area contributed by atoms with Gasteiger partial charge < -0.3 is 35.0 Å². The number of benzene rings is 2. The van der Waals surface area contributed by atoms with Crippen molar-refractivity contribution in [3.8, 4) is 16.9 Å². The highest BCUT2D eigenvalue weighted by Crippen LogP contribution is 2.39. The normalized spacial score (nSPS) is 26.9. The van der Waals surface area contributed by atoms with Crippen LogP contribution in [0.25, 0.3) is 11.1 Å². The molecule has 0 aromatic heterocycles. The summed E-state index contributed by atoms with van der Waals surface area (Å²) in [5.74, 6) is -1.07. The molecular weight excluding hydrogens is 427 g/mol. The summed E-state index contributed by atoms with van der Waals surface area (Å²) in [7, 11) is 0. The van der Waals surface area contributed by atoms with E-state index in [-0.39, 0.29) is 21.4 Å². The first kappa shape index (κ1) is 21.8. The van der Waals surface area contributed by atoms with Gasteiger partial charge in [0.15, 0.2) is 5.75 Å². The Labute approximate surface area is 175 Å². The van der Waals surface area contributed by atoms with Crippen molar-refractivity contribution in [3.05, 3.63) is 52.0 Å². The number of hydrogen-bond donors (Lipinski definition) is 5. The lowest BCUT2D eigenvalue weighted by Gasteiger charge is -2.39. The van der Waals surface area contributed by atoms with Gasteiger partial charge in [-0.05, 0) is 35.4 Å². The summed E-state index contributed by atoms with van der Waals surface area (Å²) < 4.78 is 10.8. The zero-order chi connectivity index (χ0) is 21.3. The number of carbonyl (C=O) groups is 1. The van der Waals surface area contributed by atoms with Crippen LogP contribution in [0.15, 0.2) is 36.4 Å². The summed E-state index contributed by atoms with van der Waals surface area (Å²) in [6.45, 7) is -0.600. The molecular formula is C19H18Cl2O8. The second-order valence-corrected chi connectivity index (χ2v) is 7.28. The summed E-state index contributed by atoms with van der Waals surface area (Å²) in [6, 6.07) is 9.15. The van der Waals surface area contributed by atoms with Crippen LogP contribution in [0.4, 0.5) is 0 Å². The second-order valence-electron chi connectivity index (χ2n) is 6.47. The highest BCUT2D eigenvalue weighted by atomic mass is 35.5. The van der Waals surface area contributed by atoms with Gasteiger partial charge in [-0.2, -0.15) is 0 Å². The lowest BCUT2D eigenvalue weighted by Crippen LogP contribution is -2.60. The maximum atomic E-state index is 11.0. The fraction of sp³-hybridized carbons (Fsp3) is 0.316. The molecule has 2 aromatic rings. The van der Waals surface area contributed by atoms with Crippen molar-refractivity contribution in [2.75, 3.05) is 6.61 Å². The summed E-state index contributed by atoms with van der Waals surface area (Å²) in [5.41, 5.74) is 1.39. The number of carboxylic acids is 1. The number of halogens is 2. The maximum Gasteiger partial charge on any atom is 0.335 e. The lowest BCUT2D eigenvalue weighted by atomic mass is 9.99. The smallest absolute Gasteiger partial charge is 0.335 e. The molecule has 1 aliphatic heterocycles. The molecule has 1 fully saturated rings. The minimum atomic E-state index is -1.61. The largest absolute Gasteiger partial charge is 0.478 e. The Morgan fingerprint density at radius 1 is 0.966 bits per heavy atom. The third kappa shape index (κ3) is 4.49. The van der Waals surface area contributed by atoms with Crippen LogP contribution in [0, 0.1) is 0 Å². The molecule has 5 atom stereocenters. The Bertz CT molecular complexity index is 863. The predicted molar refractivity (Wildman–Crippen MR) is 103 cm³/mol. The molecule has 29 heavy (non-hydrogen) atoms. The molecule has 0 bridgehead atoms. The van der Waals surface area contributed by atoms with Crippen molar-refractivity contribution in [3.63, 3.8) is 0 Å². The van der Waals surface area contributed by atoms with Crippen molar-refractivity contribution < 1.29 is 39.8 Å². The van der Waals surface area contributed by atoms with Crippen molar-refractivity contribution in [1.82, 2.24) is 0 Å². The van der Waals surface area contributed by atoms with Gasteiger partial charge in [-0.1, -0.05) is 35.3 Å². The average Bonchev–Trinajstić information content (AvgIpc) is 2.70. The molecule has 1 saturated heterocycles. The Morgan fingerprint density at radius 3 is 2.07 bits per heavy atom. The minimum absolute atomic E-state index is 0.0245. The molecule has 2 aromatic carbocycles. The molecule has 0 amide bonds. The monoisotopic (exact) mass is 444 g/mol. The molecule has 156 valence electrons. The molecule has 10 heteroatoms. The first-order chi connectivity index (χ1) is 13.7. The quantitative estimate of drug-likeness (QED) is 0.468. The Balaban J connectivity index is 1.85. The third-order valence-corrected chi connectivity index (χ3v) is 5.11. The third-order valence-electron chi connectivity index (χ3n) is 4.55. The van der Waals surface area contributed by atoms with Crippen LogP contribution in [0.3, 0.4) is 0 Å². The van der Waals surface area contributed by atoms with Crippen molar-refractivity contribution in [2.45, 2.75) is 30.7 Å². The van der Waals surface area contributed by atoms with Crippen LogP contribution in [0.5, 0.6) is 5.75 Å². The van der Waals surface area contributed by atoms with Gasteiger partial charge in [-0.15, -0.1) is 0 Å². The molecule has 0 radical (unpaired) electrons. The van der Waals surface area contributed by atoms with E-state index in [4.69, 9.17) is 37.8 Å². The number of aliphatic hydroxyl groups excluding tert-OH is 4. The molecule has 1 aliphatic rings. The Morgan fingerprint density at radius 2 is 1.55 bits per heavy atom. The Hall–Kier alpha value is -1.91. The van der Waals surface area contributed by atoms with Crippen molar-refractivity contribution >= 4 is 29.2 Å². The summed E-state index contributed by atoms with van der Waals surface area (Å²) in [4.78, 5) is 11.0. The molecule has 1 heterocycles. The van der Waals surface area contributed by atoms with E-state index >= 15 is 0 Å². The standard InChI is InChI=1S/C19H18Cl2O8/c20-11-5-10(8-1-3-9(4-2-8)18(26)27)6-12(21)17(11)29-19-16(25)15(24)14(23)13(7-22)28-19/h1-6,13-16,19,22-25H,7H2,(H,26,27)/t13-,14-,15+,16+,19-/m1/s1. The van der Waals surface area contributed by atoms with E-state index in [1.807, 2.05) is 0 Å². The fourth-order valence-corrected chi connectivity index (χ4v) is 3.50. The topological polar surface area (TPSA) is 137 Å². The van der Waals surface area contributed by atoms with E-state index in [1.165, 1.54) is 24.3 Å². The lowest BCUT2D eigenvalue weighted by molar-refractivity contribution is -0.277. The number of aliphatic hydroxyl groups is 4. The number of hydrogen-bond acceptors (Lipinski definition) is 7. The van der Waals surface area contributed by atoms with E-state index in [2.05, 4.69) is 0 Å². The molecule has 0 unspecified atom stereocenters. The molecule has 0 spiro atoms. The van der Waals surface area contributed by atoms with Crippen LogP contribution in [-0.2, 0) is 4.74 Å². The Kier molecular flexibility index (Phi) is 6.65. The van der Waals surface area contributed by atoms with E-state index in [9.17, 15) is 25.2 Å². The number of aromatic carboxylic acids is 1. The van der Waals surface area contributed by atoms with Gasteiger partial charge in [-0.3, -0.25) is 0 Å². The van der Waals surface area contributed by atoms with Gasteiger partial charge in [-0.25, -0.2) is 4.79 Å². The number of carboxylic acid groups (broad SMARTS) is 1. The summed E-state index contributed by atoms with van der Waals surface area (Å²) in [5, 5.41) is 48.2. The number of rotatable bonds is 5. The van der Waals surface area contributed by atoms with E-state index < -0.39 is 43.3 Å². The van der Waals surface area contributed by atoms with Crippen LogP contribution in [0.2, 0.25) is 10.0 Å². The van der Waals surface area contributed by atoms with Gasteiger partial charge in [0.1, 0.15) is 24.4 Å². The molecule has 5 N–H and O–H groups in total. The predicted octanol–water partition coefficient (Wildman–Crippen LogP) is 1.54. The van der Waals surface area contributed by atoms with Crippen LogP contribution in [-0.4, -0.2) is 68.8 Å². The van der Waals surface area contributed by atoms with Gasteiger partial charge in [0.2, 0.25) is 6.29 Å². The second kappa shape index (κ2) is 8.85. The number of ether oxygens (including phenoxy) is 2. The summed E-state index contributed by atoms with van der Waals surface area (Å²) in [6.07, 6.45) is -7.29. The average molecular weight is 445 g/mol. The van der Waals surface area contributed by atoms with Gasteiger partial charge in [0.25, 0.3) is 0 Å². The van der Waals surface area contributed by atoms with E-state index in [1.54, 1.807) is 12.1 Å². The van der Waals surface area contributed by atoms with Gasteiger partial charge in [0, 0.05) is 0 Å². The SMILES string of the molecule is O=C(O)c1ccc(-c2cc(Cl)c(O[C@H]3O[C@H](CO)[C@@H](O)[C@H](O)[C@@H]3O)c(Cl)c2)cc1. The van der Waals surface area contributed by atoms with Crippen molar-refractivity contribution in [1.29, 1.82) is 0 Å². The first-order valence-electron chi connectivity index (χ1n) is 8.53. The van der Waals surface area contributed by atoms with Crippen LogP contribution in [0.1, 0.15) is 10.4 Å². The van der Waals surface area contributed by atoms with Crippen molar-refractivity contribution in [2.24, 2.45) is 0 Å². The van der Waals surface area contributed by atoms with Gasteiger partial charge in [0.05, 0.1) is 22.2 Å². The van der Waals surface area contributed by atoms with E-state index in [0.717, 1.165) is 0 Å². The zero-order valence-corrected chi connectivity index (χ0v) is 16.3. The highest BCUT2D eigenvalue weighted by Gasteiger charge is 2.45. The fourth-order valence-electron chi connectivity index (χ4n) is 2.93. The van der Waals surface area contributed by atoms with E-state index in [0.29, 0.717) is 11.1 Å². The zero-order valence-electron chi connectivity index (χ0n) is 14.8. The molecule has 3 rings (SSSR count).